The Kier molecular flexibility index (Phi) is 4.20. The first-order chi connectivity index (χ1) is 10.7. The van der Waals surface area contributed by atoms with Crippen molar-refractivity contribution >= 4 is 11.6 Å². The van der Waals surface area contributed by atoms with Crippen LogP contribution in [0.5, 0.6) is 5.75 Å². The molecule has 3 rings (SSSR count). The van der Waals surface area contributed by atoms with Gasteiger partial charge in [-0.1, -0.05) is 6.07 Å². The van der Waals surface area contributed by atoms with E-state index >= 15 is 0 Å². The minimum absolute atomic E-state index is 0.182. The maximum absolute atomic E-state index is 12.0. The lowest BCUT2D eigenvalue weighted by Gasteiger charge is -2.35. The topological polar surface area (TPSA) is 68.7 Å². The first kappa shape index (κ1) is 14.3. The number of aromatic nitrogens is 1. The molecule has 2 heterocycles. The molecule has 0 bridgehead atoms. The van der Waals surface area contributed by atoms with Gasteiger partial charge in [-0.25, -0.2) is 5.01 Å². The SMILES string of the molecule is O=C(NN1CCN(c2ccc(O)cc2)CC1)c1ccccn1. The molecular weight excluding hydrogens is 280 g/mol. The lowest BCUT2D eigenvalue weighted by molar-refractivity contribution is 0.0772. The Hall–Kier alpha value is -2.60. The van der Waals surface area contributed by atoms with E-state index in [1.807, 2.05) is 17.1 Å². The Bertz CT molecular complexity index is 622. The van der Waals surface area contributed by atoms with Crippen LogP contribution in [0.4, 0.5) is 5.69 Å². The van der Waals surface area contributed by atoms with Gasteiger partial charge in [0.05, 0.1) is 0 Å². The quantitative estimate of drug-likeness (QED) is 0.892. The van der Waals surface area contributed by atoms with E-state index in [2.05, 4.69) is 15.3 Å². The van der Waals surface area contributed by atoms with Crippen molar-refractivity contribution in [1.29, 1.82) is 0 Å². The Labute approximate surface area is 129 Å². The van der Waals surface area contributed by atoms with Crippen LogP contribution in [0.15, 0.2) is 48.7 Å². The van der Waals surface area contributed by atoms with E-state index in [1.165, 1.54) is 0 Å². The molecular formula is C16H18N4O2. The molecule has 0 aliphatic carbocycles. The molecule has 1 amide bonds. The predicted molar refractivity (Wildman–Crippen MR) is 83.6 cm³/mol. The van der Waals surface area contributed by atoms with Crippen LogP contribution in [0.2, 0.25) is 0 Å². The Balaban J connectivity index is 1.53. The largest absolute Gasteiger partial charge is 0.508 e. The highest BCUT2D eigenvalue weighted by Gasteiger charge is 2.19. The van der Waals surface area contributed by atoms with Gasteiger partial charge in [-0.15, -0.1) is 0 Å². The van der Waals surface area contributed by atoms with Crippen molar-refractivity contribution in [2.75, 3.05) is 31.1 Å². The molecule has 2 N–H and O–H groups in total. The van der Waals surface area contributed by atoms with Crippen molar-refractivity contribution in [3.05, 3.63) is 54.4 Å². The van der Waals surface area contributed by atoms with Crippen LogP contribution in [-0.2, 0) is 0 Å². The standard InChI is InChI=1S/C16H18N4O2/c21-14-6-4-13(5-7-14)19-9-11-20(12-10-19)18-16(22)15-3-1-2-8-17-15/h1-8,21H,9-12H2,(H,18,22). The average molecular weight is 298 g/mol. The number of phenols is 1. The highest BCUT2D eigenvalue weighted by Crippen LogP contribution is 2.19. The monoisotopic (exact) mass is 298 g/mol. The van der Waals surface area contributed by atoms with Gasteiger partial charge in [-0.05, 0) is 36.4 Å². The molecule has 0 spiro atoms. The van der Waals surface area contributed by atoms with Crippen LogP contribution >= 0.6 is 0 Å². The van der Waals surface area contributed by atoms with E-state index in [0.29, 0.717) is 5.69 Å². The van der Waals surface area contributed by atoms with Crippen molar-refractivity contribution in [3.63, 3.8) is 0 Å². The third kappa shape index (κ3) is 3.35. The number of amides is 1. The summed E-state index contributed by atoms with van der Waals surface area (Å²) in [6.45, 7) is 3.10. The number of hydrogen-bond donors (Lipinski definition) is 2. The van der Waals surface area contributed by atoms with Gasteiger partial charge in [0.1, 0.15) is 11.4 Å². The first-order valence-electron chi connectivity index (χ1n) is 7.23. The van der Waals surface area contributed by atoms with Crippen LogP contribution in [0.25, 0.3) is 0 Å². The number of piperazine rings is 1. The summed E-state index contributed by atoms with van der Waals surface area (Å²) in [6.07, 6.45) is 1.61. The van der Waals surface area contributed by atoms with E-state index in [4.69, 9.17) is 0 Å². The fourth-order valence-corrected chi connectivity index (χ4v) is 2.44. The van der Waals surface area contributed by atoms with Gasteiger partial charge in [0.25, 0.3) is 5.91 Å². The molecule has 0 radical (unpaired) electrons. The number of nitrogens with zero attached hydrogens (tertiary/aromatic N) is 3. The highest BCUT2D eigenvalue weighted by atomic mass is 16.3. The number of hydrogen-bond acceptors (Lipinski definition) is 5. The summed E-state index contributed by atoms with van der Waals surface area (Å²) in [7, 11) is 0. The van der Waals surface area contributed by atoms with Crippen molar-refractivity contribution in [1.82, 2.24) is 15.4 Å². The molecule has 1 aliphatic heterocycles. The lowest BCUT2D eigenvalue weighted by atomic mass is 10.2. The number of pyridine rings is 1. The third-order valence-electron chi connectivity index (χ3n) is 3.65. The molecule has 0 unspecified atom stereocenters. The number of carbonyl (C=O) groups excluding carboxylic acids is 1. The number of anilines is 1. The van der Waals surface area contributed by atoms with E-state index < -0.39 is 0 Å². The Morgan fingerprint density at radius 3 is 2.41 bits per heavy atom. The van der Waals surface area contributed by atoms with E-state index in [1.54, 1.807) is 36.5 Å². The van der Waals surface area contributed by atoms with Gasteiger partial charge in [-0.2, -0.15) is 0 Å². The molecule has 1 aromatic carbocycles. The number of carbonyl (C=O) groups is 1. The molecule has 0 atom stereocenters. The minimum Gasteiger partial charge on any atom is -0.508 e. The lowest BCUT2D eigenvalue weighted by Crippen LogP contribution is -2.53. The zero-order chi connectivity index (χ0) is 15.4. The zero-order valence-electron chi connectivity index (χ0n) is 12.1. The molecule has 2 aromatic rings. The fourth-order valence-electron chi connectivity index (χ4n) is 2.44. The number of benzene rings is 1. The zero-order valence-corrected chi connectivity index (χ0v) is 12.1. The van der Waals surface area contributed by atoms with Crippen molar-refractivity contribution in [3.8, 4) is 5.75 Å². The summed E-state index contributed by atoms with van der Waals surface area (Å²) in [6, 6.07) is 12.4. The highest BCUT2D eigenvalue weighted by molar-refractivity contribution is 5.91. The molecule has 1 aliphatic rings. The van der Waals surface area contributed by atoms with Crippen LogP contribution < -0.4 is 10.3 Å². The maximum atomic E-state index is 12.0. The molecule has 0 saturated carbocycles. The third-order valence-corrected chi connectivity index (χ3v) is 3.65. The summed E-state index contributed by atoms with van der Waals surface area (Å²) < 4.78 is 0. The van der Waals surface area contributed by atoms with Gasteiger partial charge in [-0.3, -0.25) is 15.2 Å². The van der Waals surface area contributed by atoms with Gasteiger partial charge < -0.3 is 10.0 Å². The maximum Gasteiger partial charge on any atom is 0.284 e. The van der Waals surface area contributed by atoms with Crippen molar-refractivity contribution in [2.45, 2.75) is 0 Å². The Morgan fingerprint density at radius 1 is 1.05 bits per heavy atom. The van der Waals surface area contributed by atoms with Crippen LogP contribution in [-0.4, -0.2) is 47.2 Å². The van der Waals surface area contributed by atoms with Gasteiger partial charge in [0.15, 0.2) is 0 Å². The molecule has 6 heteroatoms. The second-order valence-corrected chi connectivity index (χ2v) is 5.15. The minimum atomic E-state index is -0.182. The first-order valence-corrected chi connectivity index (χ1v) is 7.23. The van der Waals surface area contributed by atoms with E-state index in [0.717, 1.165) is 31.9 Å². The predicted octanol–water partition coefficient (Wildman–Crippen LogP) is 1.25. The molecule has 22 heavy (non-hydrogen) atoms. The van der Waals surface area contributed by atoms with Gasteiger partial charge in [0, 0.05) is 38.1 Å². The number of aromatic hydroxyl groups is 1. The van der Waals surface area contributed by atoms with Crippen LogP contribution in [0.1, 0.15) is 10.5 Å². The van der Waals surface area contributed by atoms with Crippen molar-refractivity contribution in [2.24, 2.45) is 0 Å². The number of phenolic OH excluding ortho intramolecular Hbond substituents is 1. The normalized spacial score (nSPS) is 15.5. The number of nitrogens with one attached hydrogen (secondary N) is 1. The molecule has 6 nitrogen and oxygen atoms in total. The molecule has 114 valence electrons. The summed E-state index contributed by atoms with van der Waals surface area (Å²) in [5, 5.41) is 11.2. The van der Waals surface area contributed by atoms with E-state index in [9.17, 15) is 9.90 Å². The Morgan fingerprint density at radius 2 is 1.77 bits per heavy atom. The number of hydrazine groups is 1. The second kappa shape index (κ2) is 6.44. The smallest absolute Gasteiger partial charge is 0.284 e. The number of rotatable bonds is 3. The fraction of sp³-hybridized carbons (Fsp3) is 0.250. The van der Waals surface area contributed by atoms with Crippen molar-refractivity contribution < 1.29 is 9.90 Å². The summed E-state index contributed by atoms with van der Waals surface area (Å²) in [5.41, 5.74) is 4.38. The van der Waals surface area contributed by atoms with Gasteiger partial charge in [0.2, 0.25) is 0 Å². The van der Waals surface area contributed by atoms with Crippen LogP contribution in [0, 0.1) is 0 Å². The summed E-state index contributed by atoms with van der Waals surface area (Å²) in [4.78, 5) is 18.3. The summed E-state index contributed by atoms with van der Waals surface area (Å²) >= 11 is 0. The average Bonchev–Trinajstić information content (AvgIpc) is 2.57. The molecule has 1 fully saturated rings. The molecule has 1 aromatic heterocycles. The summed E-state index contributed by atoms with van der Waals surface area (Å²) in [5.74, 6) is 0.0868. The molecule has 1 saturated heterocycles. The van der Waals surface area contributed by atoms with E-state index in [-0.39, 0.29) is 11.7 Å². The van der Waals surface area contributed by atoms with Gasteiger partial charge >= 0.3 is 0 Å². The second-order valence-electron chi connectivity index (χ2n) is 5.15. The van der Waals surface area contributed by atoms with Crippen LogP contribution in [0.3, 0.4) is 0 Å².